The van der Waals surface area contributed by atoms with Crippen LogP contribution in [0.1, 0.15) is 19.3 Å². The molecule has 0 aliphatic carbocycles. The van der Waals surface area contributed by atoms with E-state index < -0.39 is 26.0 Å². The Kier molecular flexibility index (Phi) is 7.36. The van der Waals surface area contributed by atoms with E-state index in [1.165, 1.54) is 7.11 Å². The van der Waals surface area contributed by atoms with Crippen molar-refractivity contribution in [2.75, 3.05) is 25.2 Å². The molecule has 0 radical (unpaired) electrons. The highest BCUT2D eigenvalue weighted by atomic mass is 32.2. The molecule has 0 spiro atoms. The molecule has 0 aliphatic rings. The minimum atomic E-state index is -3.57. The molecule has 0 aromatic carbocycles. The lowest BCUT2D eigenvalue weighted by Gasteiger charge is -2.05. The van der Waals surface area contributed by atoms with Crippen molar-refractivity contribution < 1.29 is 26.4 Å². The predicted molar refractivity (Wildman–Crippen MR) is 65.6 cm³/mol. The number of carbonyl (C=O) groups is 1. The molecule has 0 aromatic heterocycles. The Morgan fingerprint density at radius 2 is 1.78 bits per heavy atom. The summed E-state index contributed by atoms with van der Waals surface area (Å²) in [5.41, 5.74) is 0. The van der Waals surface area contributed by atoms with Crippen molar-refractivity contribution in [3.63, 3.8) is 0 Å². The quantitative estimate of drug-likeness (QED) is 0.395. The van der Waals surface area contributed by atoms with Crippen LogP contribution in [0.15, 0.2) is 0 Å². The average Bonchev–Trinajstić information content (AvgIpc) is 2.23. The second-order valence-electron chi connectivity index (χ2n) is 3.61. The van der Waals surface area contributed by atoms with E-state index in [1.54, 1.807) is 0 Å². The van der Waals surface area contributed by atoms with Crippen molar-refractivity contribution in [2.45, 2.75) is 19.3 Å². The molecule has 0 amide bonds. The molecule has 0 unspecified atom stereocenters. The van der Waals surface area contributed by atoms with Gasteiger partial charge in [-0.05, 0) is 12.8 Å². The Bertz CT molecular complexity index is 456. The van der Waals surface area contributed by atoms with Gasteiger partial charge in [0.1, 0.15) is 0 Å². The van der Waals surface area contributed by atoms with Crippen LogP contribution in [0, 0.1) is 0 Å². The molecule has 0 aliphatic heterocycles. The minimum Gasteiger partial charge on any atom is -0.469 e. The van der Waals surface area contributed by atoms with Gasteiger partial charge in [-0.15, -0.1) is 0 Å². The van der Waals surface area contributed by atoms with Crippen LogP contribution in [0.5, 0.6) is 0 Å². The zero-order valence-corrected chi connectivity index (χ0v) is 11.7. The summed E-state index contributed by atoms with van der Waals surface area (Å²) in [5.74, 6) is -0.964. The molecule has 0 saturated heterocycles. The van der Waals surface area contributed by atoms with E-state index in [9.17, 15) is 21.6 Å². The van der Waals surface area contributed by atoms with Crippen molar-refractivity contribution in [1.29, 1.82) is 0 Å². The van der Waals surface area contributed by atoms with Crippen LogP contribution >= 0.6 is 0 Å². The van der Waals surface area contributed by atoms with Gasteiger partial charge in [-0.25, -0.2) is 26.7 Å². The largest absolute Gasteiger partial charge is 0.469 e. The number of rotatable bonds is 9. The lowest BCUT2D eigenvalue weighted by molar-refractivity contribution is -0.140. The molecule has 0 heterocycles. The standard InChI is InChI=1S/C8H18N2O6S2/c1-16-8(11)4-2-7-18(14,15)10-5-3-6-17(9,12)13/h10H,2-7H2,1H3,(H2,9,12,13). The fourth-order valence-electron chi connectivity index (χ4n) is 1.08. The van der Waals surface area contributed by atoms with Gasteiger partial charge in [0, 0.05) is 13.0 Å². The summed E-state index contributed by atoms with van der Waals surface area (Å²) in [6, 6.07) is 0. The van der Waals surface area contributed by atoms with E-state index in [-0.39, 0.29) is 37.3 Å². The van der Waals surface area contributed by atoms with Gasteiger partial charge < -0.3 is 4.74 Å². The van der Waals surface area contributed by atoms with Crippen LogP contribution in [-0.4, -0.2) is 48.0 Å². The lowest BCUT2D eigenvalue weighted by atomic mass is 10.3. The maximum Gasteiger partial charge on any atom is 0.305 e. The number of carbonyl (C=O) groups excluding carboxylic acids is 1. The van der Waals surface area contributed by atoms with Gasteiger partial charge in [-0.1, -0.05) is 0 Å². The van der Waals surface area contributed by atoms with Gasteiger partial charge >= 0.3 is 5.97 Å². The van der Waals surface area contributed by atoms with Crippen LogP contribution in [0.4, 0.5) is 0 Å². The summed E-state index contributed by atoms with van der Waals surface area (Å²) in [5, 5.41) is 4.76. The number of esters is 1. The zero-order chi connectivity index (χ0) is 14.2. The SMILES string of the molecule is COC(=O)CCCS(=O)(=O)NCCCS(N)(=O)=O. The molecule has 0 saturated carbocycles. The average molecular weight is 302 g/mol. The maximum absolute atomic E-state index is 11.4. The first kappa shape index (κ1) is 17.3. The number of hydrogen-bond donors (Lipinski definition) is 2. The summed E-state index contributed by atoms with van der Waals surface area (Å²) in [4.78, 5) is 10.8. The molecule has 108 valence electrons. The van der Waals surface area contributed by atoms with Gasteiger partial charge in [0.15, 0.2) is 0 Å². The van der Waals surface area contributed by atoms with E-state index in [0.29, 0.717) is 0 Å². The number of methoxy groups -OCH3 is 1. The third-order valence-electron chi connectivity index (χ3n) is 1.95. The number of sulfonamides is 2. The van der Waals surface area contributed by atoms with Gasteiger partial charge in [0.2, 0.25) is 20.0 Å². The van der Waals surface area contributed by atoms with Gasteiger partial charge in [-0.3, -0.25) is 4.79 Å². The van der Waals surface area contributed by atoms with Crippen molar-refractivity contribution in [1.82, 2.24) is 4.72 Å². The fraction of sp³-hybridized carbons (Fsp3) is 0.875. The number of ether oxygens (including phenoxy) is 1. The Hall–Kier alpha value is -0.710. The Balaban J connectivity index is 3.84. The highest BCUT2D eigenvalue weighted by molar-refractivity contribution is 7.89. The molecule has 10 heteroatoms. The van der Waals surface area contributed by atoms with Crippen molar-refractivity contribution in [3.8, 4) is 0 Å². The third kappa shape index (κ3) is 10.4. The molecular formula is C8H18N2O6S2. The second kappa shape index (κ2) is 7.67. The van der Waals surface area contributed by atoms with Gasteiger partial charge in [0.05, 0.1) is 18.6 Å². The van der Waals surface area contributed by atoms with Crippen LogP contribution in [-0.2, 0) is 29.6 Å². The Morgan fingerprint density at radius 3 is 2.28 bits per heavy atom. The molecule has 0 aromatic rings. The molecule has 0 rings (SSSR count). The lowest BCUT2D eigenvalue weighted by Crippen LogP contribution is -2.29. The van der Waals surface area contributed by atoms with Crippen LogP contribution in [0.2, 0.25) is 0 Å². The summed E-state index contributed by atoms with van der Waals surface area (Å²) in [7, 11) is -5.84. The first-order valence-electron chi connectivity index (χ1n) is 5.21. The minimum absolute atomic E-state index is 0.00299. The van der Waals surface area contributed by atoms with E-state index in [0.717, 1.165) is 0 Å². The molecule has 0 fully saturated rings. The van der Waals surface area contributed by atoms with Crippen molar-refractivity contribution in [3.05, 3.63) is 0 Å². The van der Waals surface area contributed by atoms with Crippen molar-refractivity contribution in [2.24, 2.45) is 5.14 Å². The smallest absolute Gasteiger partial charge is 0.305 e. The van der Waals surface area contributed by atoms with E-state index >= 15 is 0 Å². The highest BCUT2D eigenvalue weighted by Crippen LogP contribution is 1.96. The number of primary sulfonamides is 1. The molecule has 0 atom stereocenters. The Labute approximate surface area is 107 Å². The topological polar surface area (TPSA) is 133 Å². The third-order valence-corrected chi connectivity index (χ3v) is 4.28. The van der Waals surface area contributed by atoms with Crippen LogP contribution in [0.3, 0.4) is 0 Å². The number of nitrogens with two attached hydrogens (primary N) is 1. The summed E-state index contributed by atoms with van der Waals surface area (Å²) in [6.07, 6.45) is 0.279. The van der Waals surface area contributed by atoms with Crippen LogP contribution in [0.25, 0.3) is 0 Å². The first-order chi connectivity index (χ1) is 8.16. The van der Waals surface area contributed by atoms with E-state index in [1.807, 2.05) is 0 Å². The fourth-order valence-corrected chi connectivity index (χ4v) is 2.75. The second-order valence-corrected chi connectivity index (χ2v) is 7.27. The normalized spacial score (nSPS) is 12.3. The summed E-state index contributed by atoms with van der Waals surface area (Å²) in [6.45, 7) is -0.00299. The number of hydrogen-bond acceptors (Lipinski definition) is 6. The van der Waals surface area contributed by atoms with E-state index in [2.05, 4.69) is 9.46 Å². The first-order valence-corrected chi connectivity index (χ1v) is 8.58. The summed E-state index contributed by atoms with van der Waals surface area (Å²) >= 11 is 0. The predicted octanol–water partition coefficient (Wildman–Crippen LogP) is -1.46. The van der Waals surface area contributed by atoms with E-state index in [4.69, 9.17) is 5.14 Å². The highest BCUT2D eigenvalue weighted by Gasteiger charge is 2.11. The van der Waals surface area contributed by atoms with Gasteiger partial charge in [-0.2, -0.15) is 0 Å². The Morgan fingerprint density at radius 1 is 1.17 bits per heavy atom. The molecule has 3 N–H and O–H groups in total. The molecule has 18 heavy (non-hydrogen) atoms. The van der Waals surface area contributed by atoms with Crippen molar-refractivity contribution >= 4 is 26.0 Å². The molecule has 8 nitrogen and oxygen atoms in total. The van der Waals surface area contributed by atoms with Crippen LogP contribution < -0.4 is 9.86 Å². The maximum atomic E-state index is 11.4. The number of nitrogens with one attached hydrogen (secondary N) is 1. The monoisotopic (exact) mass is 302 g/mol. The molecular weight excluding hydrogens is 284 g/mol. The zero-order valence-electron chi connectivity index (χ0n) is 10.1. The van der Waals surface area contributed by atoms with Gasteiger partial charge in [0.25, 0.3) is 0 Å². The summed E-state index contributed by atoms with van der Waals surface area (Å²) < 4.78 is 50.5. The molecule has 0 bridgehead atoms.